The zero-order chi connectivity index (χ0) is 12.6. The second-order valence-corrected chi connectivity index (χ2v) is 7.51. The first-order valence-corrected chi connectivity index (χ1v) is 8.06. The van der Waals surface area contributed by atoms with Crippen molar-refractivity contribution in [3.8, 4) is 0 Å². The molecule has 0 radical (unpaired) electrons. The maximum absolute atomic E-state index is 11.8. The van der Waals surface area contributed by atoms with Crippen LogP contribution in [0.5, 0.6) is 0 Å². The summed E-state index contributed by atoms with van der Waals surface area (Å²) in [6.07, 6.45) is 2.73. The van der Waals surface area contributed by atoms with E-state index in [2.05, 4.69) is 0 Å². The molecule has 1 aliphatic carbocycles. The average Bonchev–Trinajstić information content (AvgIpc) is 2.77. The second kappa shape index (κ2) is 4.57. The Morgan fingerprint density at radius 1 is 1.35 bits per heavy atom. The van der Waals surface area contributed by atoms with Crippen LogP contribution in [0.15, 0.2) is 0 Å². The van der Waals surface area contributed by atoms with Gasteiger partial charge < -0.3 is 10.0 Å². The number of carbonyl (C=O) groups is 1. The molecule has 0 bridgehead atoms. The molecule has 5 nitrogen and oxygen atoms in total. The molecule has 0 spiro atoms. The number of nitrogens with zero attached hydrogens (tertiary/aromatic N) is 1. The maximum Gasteiger partial charge on any atom is 0.223 e. The first-order chi connectivity index (χ1) is 7.87. The van der Waals surface area contributed by atoms with E-state index in [-0.39, 0.29) is 30.1 Å². The van der Waals surface area contributed by atoms with E-state index in [4.69, 9.17) is 0 Å². The SMILES string of the molecule is CS(=O)(=O)CCC(=O)N1CC2CCC(O)C2C1. The smallest absolute Gasteiger partial charge is 0.223 e. The Labute approximate surface area is 102 Å². The van der Waals surface area contributed by atoms with Gasteiger partial charge >= 0.3 is 0 Å². The highest BCUT2D eigenvalue weighted by Gasteiger charge is 2.43. The maximum atomic E-state index is 11.8. The fourth-order valence-corrected chi connectivity index (χ4v) is 3.42. The number of likely N-dealkylation sites (tertiary alicyclic amines) is 1. The normalized spacial score (nSPS) is 32.8. The van der Waals surface area contributed by atoms with Crippen LogP contribution in [0.1, 0.15) is 19.3 Å². The summed E-state index contributed by atoms with van der Waals surface area (Å²) in [7, 11) is -3.08. The van der Waals surface area contributed by atoms with Gasteiger partial charge in [-0.3, -0.25) is 4.79 Å². The molecule has 3 atom stereocenters. The number of fused-ring (bicyclic) bond motifs is 1. The van der Waals surface area contributed by atoms with Crippen molar-refractivity contribution in [3.63, 3.8) is 0 Å². The van der Waals surface area contributed by atoms with Crippen molar-refractivity contribution in [1.29, 1.82) is 0 Å². The van der Waals surface area contributed by atoms with Crippen LogP contribution in [0.2, 0.25) is 0 Å². The predicted molar refractivity (Wildman–Crippen MR) is 63.1 cm³/mol. The summed E-state index contributed by atoms with van der Waals surface area (Å²) < 4.78 is 22.0. The van der Waals surface area contributed by atoms with E-state index in [1.54, 1.807) is 4.90 Å². The molecule has 1 heterocycles. The molecule has 2 rings (SSSR count). The van der Waals surface area contributed by atoms with Crippen LogP contribution >= 0.6 is 0 Å². The van der Waals surface area contributed by atoms with Crippen LogP contribution < -0.4 is 0 Å². The third kappa shape index (κ3) is 2.98. The number of sulfone groups is 1. The highest BCUT2D eigenvalue weighted by atomic mass is 32.2. The van der Waals surface area contributed by atoms with E-state index >= 15 is 0 Å². The molecule has 0 aromatic rings. The molecule has 3 unspecified atom stereocenters. The number of amides is 1. The highest BCUT2D eigenvalue weighted by molar-refractivity contribution is 7.90. The average molecular weight is 261 g/mol. The molecule has 0 aromatic carbocycles. The van der Waals surface area contributed by atoms with Crippen LogP contribution in [0.25, 0.3) is 0 Å². The molecule has 1 amide bonds. The van der Waals surface area contributed by atoms with Crippen molar-refractivity contribution in [2.45, 2.75) is 25.4 Å². The largest absolute Gasteiger partial charge is 0.393 e. The lowest BCUT2D eigenvalue weighted by Crippen LogP contribution is -2.32. The van der Waals surface area contributed by atoms with Gasteiger partial charge in [0.05, 0.1) is 11.9 Å². The fraction of sp³-hybridized carbons (Fsp3) is 0.909. The third-order valence-electron chi connectivity index (χ3n) is 3.86. The molecule has 1 saturated carbocycles. The fourth-order valence-electron chi connectivity index (χ4n) is 2.87. The summed E-state index contributed by atoms with van der Waals surface area (Å²) in [6.45, 7) is 1.28. The minimum absolute atomic E-state index is 0.0639. The standard InChI is InChI=1S/C11H19NO4S/c1-17(15,16)5-4-11(14)12-6-8-2-3-10(13)9(8)7-12/h8-10,13H,2-7H2,1H3. The molecule has 98 valence electrons. The molecule has 17 heavy (non-hydrogen) atoms. The second-order valence-electron chi connectivity index (χ2n) is 5.25. The summed E-state index contributed by atoms with van der Waals surface area (Å²) in [4.78, 5) is 13.5. The van der Waals surface area contributed by atoms with Crippen LogP contribution in [0.3, 0.4) is 0 Å². The molecule has 2 fully saturated rings. The van der Waals surface area contributed by atoms with Crippen molar-refractivity contribution in [3.05, 3.63) is 0 Å². The Bertz CT molecular complexity index is 406. The first kappa shape index (κ1) is 12.8. The Morgan fingerprint density at radius 2 is 2.06 bits per heavy atom. The molecule has 1 N–H and O–H groups in total. The van der Waals surface area contributed by atoms with Gasteiger partial charge in [0, 0.05) is 31.7 Å². The van der Waals surface area contributed by atoms with Crippen molar-refractivity contribution in [1.82, 2.24) is 4.90 Å². The van der Waals surface area contributed by atoms with E-state index in [0.717, 1.165) is 19.1 Å². The summed E-state index contributed by atoms with van der Waals surface area (Å²) in [5, 5.41) is 9.72. The van der Waals surface area contributed by atoms with E-state index < -0.39 is 9.84 Å². The Hall–Kier alpha value is -0.620. The Balaban J connectivity index is 1.87. The topological polar surface area (TPSA) is 74.7 Å². The van der Waals surface area contributed by atoms with E-state index in [0.29, 0.717) is 19.0 Å². The minimum atomic E-state index is -3.08. The predicted octanol–water partition coefficient (Wildman–Crippen LogP) is -0.350. The van der Waals surface area contributed by atoms with Gasteiger partial charge in [-0.05, 0) is 18.8 Å². The van der Waals surface area contributed by atoms with Gasteiger partial charge in [0.2, 0.25) is 5.91 Å². The molecular formula is C11H19NO4S. The Kier molecular flexibility index (Phi) is 3.45. The number of hydrogen-bond donors (Lipinski definition) is 1. The lowest BCUT2D eigenvalue weighted by molar-refractivity contribution is -0.130. The molecule has 1 aliphatic heterocycles. The summed E-state index contributed by atoms with van der Waals surface area (Å²) in [5.41, 5.74) is 0. The zero-order valence-electron chi connectivity index (χ0n) is 10.0. The lowest BCUT2D eigenvalue weighted by Gasteiger charge is -2.18. The Morgan fingerprint density at radius 3 is 2.65 bits per heavy atom. The first-order valence-electron chi connectivity index (χ1n) is 6.00. The zero-order valence-corrected chi connectivity index (χ0v) is 10.8. The highest BCUT2D eigenvalue weighted by Crippen LogP contribution is 2.38. The molecule has 0 aromatic heterocycles. The van der Waals surface area contributed by atoms with Crippen LogP contribution in [0, 0.1) is 11.8 Å². The van der Waals surface area contributed by atoms with Gasteiger partial charge in [-0.15, -0.1) is 0 Å². The monoisotopic (exact) mass is 261 g/mol. The van der Waals surface area contributed by atoms with Crippen molar-refractivity contribution >= 4 is 15.7 Å². The van der Waals surface area contributed by atoms with Gasteiger partial charge in [-0.2, -0.15) is 0 Å². The van der Waals surface area contributed by atoms with Gasteiger partial charge in [0.1, 0.15) is 9.84 Å². The number of aliphatic hydroxyl groups excluding tert-OH is 1. The van der Waals surface area contributed by atoms with Crippen molar-refractivity contribution in [2.75, 3.05) is 25.1 Å². The van der Waals surface area contributed by atoms with Crippen LogP contribution in [-0.4, -0.2) is 55.5 Å². The van der Waals surface area contributed by atoms with E-state index in [9.17, 15) is 18.3 Å². The quantitative estimate of drug-likeness (QED) is 0.753. The van der Waals surface area contributed by atoms with Gasteiger partial charge in [0.15, 0.2) is 0 Å². The summed E-state index contributed by atoms with van der Waals surface area (Å²) >= 11 is 0. The number of rotatable bonds is 3. The molecule has 6 heteroatoms. The van der Waals surface area contributed by atoms with Crippen LogP contribution in [-0.2, 0) is 14.6 Å². The number of aliphatic hydroxyl groups is 1. The minimum Gasteiger partial charge on any atom is -0.393 e. The molecular weight excluding hydrogens is 242 g/mol. The molecule has 2 aliphatic rings. The number of hydrogen-bond acceptors (Lipinski definition) is 4. The summed E-state index contributed by atoms with van der Waals surface area (Å²) in [5.74, 6) is 0.432. The van der Waals surface area contributed by atoms with Gasteiger partial charge in [-0.1, -0.05) is 0 Å². The lowest BCUT2D eigenvalue weighted by atomic mass is 10.00. The molecule has 1 saturated heterocycles. The van der Waals surface area contributed by atoms with E-state index in [1.807, 2.05) is 0 Å². The van der Waals surface area contributed by atoms with Crippen molar-refractivity contribution < 1.29 is 18.3 Å². The van der Waals surface area contributed by atoms with E-state index in [1.165, 1.54) is 0 Å². The van der Waals surface area contributed by atoms with Crippen LogP contribution in [0.4, 0.5) is 0 Å². The number of carbonyl (C=O) groups excluding carboxylic acids is 1. The van der Waals surface area contributed by atoms with Crippen molar-refractivity contribution in [2.24, 2.45) is 11.8 Å². The van der Waals surface area contributed by atoms with Gasteiger partial charge in [0.25, 0.3) is 0 Å². The third-order valence-corrected chi connectivity index (χ3v) is 4.80. The summed E-state index contributed by atoms with van der Waals surface area (Å²) in [6, 6.07) is 0. The van der Waals surface area contributed by atoms with Gasteiger partial charge in [-0.25, -0.2) is 8.42 Å².